The van der Waals surface area contributed by atoms with Crippen molar-refractivity contribution in [2.24, 2.45) is 0 Å². The van der Waals surface area contributed by atoms with Crippen LogP contribution in [-0.4, -0.2) is 35.1 Å². The van der Waals surface area contributed by atoms with Crippen LogP contribution in [0.3, 0.4) is 0 Å². The first-order valence-corrected chi connectivity index (χ1v) is 11.4. The van der Waals surface area contributed by atoms with Gasteiger partial charge in [0.25, 0.3) is 0 Å². The van der Waals surface area contributed by atoms with Crippen LogP contribution in [0, 0.1) is 0 Å². The minimum atomic E-state index is -3.46. The van der Waals surface area contributed by atoms with E-state index in [1.54, 1.807) is 41.4 Å². The first-order valence-electron chi connectivity index (χ1n) is 9.96. The highest BCUT2D eigenvalue weighted by Crippen LogP contribution is 2.22. The summed E-state index contributed by atoms with van der Waals surface area (Å²) in [5.74, 6) is -0.223. The van der Waals surface area contributed by atoms with Crippen molar-refractivity contribution < 1.29 is 13.2 Å². The summed E-state index contributed by atoms with van der Waals surface area (Å²) in [5, 5.41) is 6.92. The molecule has 0 bridgehead atoms. The summed E-state index contributed by atoms with van der Waals surface area (Å²) >= 11 is 0. The third-order valence-electron chi connectivity index (χ3n) is 4.82. The third kappa shape index (κ3) is 6.09. The number of hydrogen-bond donors (Lipinski definition) is 2. The Hall–Kier alpha value is -3.30. The summed E-state index contributed by atoms with van der Waals surface area (Å²) in [5.41, 5.74) is 2.83. The number of carbonyl (C=O) groups excluding carboxylic acids is 1. The van der Waals surface area contributed by atoms with Crippen LogP contribution in [-0.2, 0) is 27.9 Å². The highest BCUT2D eigenvalue weighted by molar-refractivity contribution is 7.89. The fraction of sp³-hybridized carbons (Fsp3) is 0.227. The topological polar surface area (TPSA) is 106 Å². The average molecular weight is 438 g/mol. The summed E-state index contributed by atoms with van der Waals surface area (Å²) in [4.78, 5) is 16.2. The van der Waals surface area contributed by atoms with Gasteiger partial charge in [0.15, 0.2) is 0 Å². The van der Waals surface area contributed by atoms with Crippen LogP contribution in [0.2, 0.25) is 0 Å². The number of rotatable bonds is 9. The van der Waals surface area contributed by atoms with Crippen LogP contribution in [0.5, 0.6) is 0 Å². The second-order valence-corrected chi connectivity index (χ2v) is 9.14. The molecule has 1 amide bonds. The largest absolute Gasteiger partial charge is 0.348 e. The molecule has 1 saturated carbocycles. The van der Waals surface area contributed by atoms with Gasteiger partial charge < -0.3 is 5.32 Å². The number of amides is 1. The van der Waals surface area contributed by atoms with Gasteiger partial charge in [-0.3, -0.25) is 4.79 Å². The Morgan fingerprint density at radius 2 is 1.77 bits per heavy atom. The zero-order valence-electron chi connectivity index (χ0n) is 16.8. The van der Waals surface area contributed by atoms with Crippen molar-refractivity contribution in [3.63, 3.8) is 0 Å². The molecule has 0 aliphatic heterocycles. The van der Waals surface area contributed by atoms with Gasteiger partial charge in [0, 0.05) is 18.7 Å². The highest BCUT2D eigenvalue weighted by Gasteiger charge is 2.27. The molecule has 0 saturated heterocycles. The lowest BCUT2D eigenvalue weighted by atomic mass is 10.1. The Balaban J connectivity index is 1.26. The molecule has 3 aromatic rings. The summed E-state index contributed by atoms with van der Waals surface area (Å²) in [7, 11) is -3.46. The fourth-order valence-corrected chi connectivity index (χ4v) is 4.24. The van der Waals surface area contributed by atoms with Crippen LogP contribution in [0.1, 0.15) is 29.5 Å². The number of benzene rings is 2. The van der Waals surface area contributed by atoms with Crippen LogP contribution in [0.4, 0.5) is 0 Å². The van der Waals surface area contributed by atoms with E-state index in [1.807, 2.05) is 24.3 Å². The van der Waals surface area contributed by atoms with E-state index in [1.165, 1.54) is 12.4 Å². The molecule has 8 nitrogen and oxygen atoms in total. The minimum absolute atomic E-state index is 0.0677. The SMILES string of the molecule is O=C(/C=C/c1ccc(S(=O)(=O)NC2CC2)cc1)NCc1ccc(Cn2cncn2)cc1. The van der Waals surface area contributed by atoms with E-state index in [2.05, 4.69) is 20.1 Å². The molecule has 1 aliphatic carbocycles. The maximum Gasteiger partial charge on any atom is 0.244 e. The number of sulfonamides is 1. The lowest BCUT2D eigenvalue weighted by Gasteiger charge is -2.06. The van der Waals surface area contributed by atoms with Gasteiger partial charge in [-0.05, 0) is 47.7 Å². The normalized spacial score (nSPS) is 14.1. The van der Waals surface area contributed by atoms with Crippen molar-refractivity contribution in [1.29, 1.82) is 0 Å². The molecule has 160 valence electrons. The van der Waals surface area contributed by atoms with Gasteiger partial charge in [-0.15, -0.1) is 0 Å². The standard InChI is InChI=1S/C22H23N5O3S/c28-22(24-13-18-1-3-19(4-2-18)14-27-16-23-15-25-27)12-7-17-5-10-21(11-6-17)31(29,30)26-20-8-9-20/h1-7,10-12,15-16,20,26H,8-9,13-14H2,(H,24,28)/b12-7+. The molecule has 0 unspecified atom stereocenters. The monoisotopic (exact) mass is 437 g/mol. The first kappa shape index (κ1) is 21.0. The van der Waals surface area contributed by atoms with Crippen molar-refractivity contribution in [2.75, 3.05) is 0 Å². The molecule has 1 aromatic heterocycles. The van der Waals surface area contributed by atoms with E-state index < -0.39 is 10.0 Å². The quantitative estimate of drug-likeness (QED) is 0.499. The molecule has 31 heavy (non-hydrogen) atoms. The van der Waals surface area contributed by atoms with Gasteiger partial charge in [0.05, 0.1) is 11.4 Å². The van der Waals surface area contributed by atoms with Gasteiger partial charge in [0.1, 0.15) is 12.7 Å². The van der Waals surface area contributed by atoms with Gasteiger partial charge in [-0.25, -0.2) is 22.8 Å². The van der Waals surface area contributed by atoms with Crippen LogP contribution >= 0.6 is 0 Å². The summed E-state index contributed by atoms with van der Waals surface area (Å²) < 4.78 is 28.7. The van der Waals surface area contributed by atoms with E-state index in [4.69, 9.17) is 0 Å². The molecule has 0 spiro atoms. The predicted octanol–water partition coefficient (Wildman–Crippen LogP) is 2.10. The van der Waals surface area contributed by atoms with E-state index in [0.717, 1.165) is 29.5 Å². The molecule has 1 heterocycles. The number of hydrogen-bond acceptors (Lipinski definition) is 5. The van der Waals surface area contributed by atoms with Crippen LogP contribution in [0.15, 0.2) is 72.2 Å². The molecule has 1 fully saturated rings. The molecular weight excluding hydrogens is 414 g/mol. The number of nitrogens with one attached hydrogen (secondary N) is 2. The van der Waals surface area contributed by atoms with Crippen molar-refractivity contribution in [1.82, 2.24) is 24.8 Å². The van der Waals surface area contributed by atoms with E-state index in [-0.39, 0.29) is 16.8 Å². The zero-order valence-corrected chi connectivity index (χ0v) is 17.6. The van der Waals surface area contributed by atoms with Gasteiger partial charge in [-0.1, -0.05) is 36.4 Å². The Morgan fingerprint density at radius 1 is 1.06 bits per heavy atom. The zero-order chi connectivity index (χ0) is 21.7. The molecule has 0 radical (unpaired) electrons. The molecule has 9 heteroatoms. The smallest absolute Gasteiger partial charge is 0.244 e. The summed E-state index contributed by atoms with van der Waals surface area (Å²) in [6.45, 7) is 1.06. The van der Waals surface area contributed by atoms with E-state index >= 15 is 0 Å². The Bertz CT molecular complexity index is 1150. The van der Waals surface area contributed by atoms with Gasteiger partial charge in [-0.2, -0.15) is 5.10 Å². The number of aromatic nitrogens is 3. The van der Waals surface area contributed by atoms with Crippen molar-refractivity contribution in [3.8, 4) is 0 Å². The Kier molecular flexibility index (Phi) is 6.24. The Morgan fingerprint density at radius 3 is 2.42 bits per heavy atom. The summed E-state index contributed by atoms with van der Waals surface area (Å²) in [6.07, 6.45) is 8.04. The van der Waals surface area contributed by atoms with Crippen molar-refractivity contribution in [3.05, 3.63) is 84.0 Å². The maximum absolute atomic E-state index is 12.2. The second-order valence-electron chi connectivity index (χ2n) is 7.43. The minimum Gasteiger partial charge on any atom is -0.348 e. The number of carbonyl (C=O) groups is 1. The second kappa shape index (κ2) is 9.23. The lowest BCUT2D eigenvalue weighted by Crippen LogP contribution is -2.25. The predicted molar refractivity (Wildman–Crippen MR) is 116 cm³/mol. The molecule has 2 N–H and O–H groups in total. The molecular formula is C22H23N5O3S. The molecule has 0 atom stereocenters. The highest BCUT2D eigenvalue weighted by atomic mass is 32.2. The van der Waals surface area contributed by atoms with E-state index in [0.29, 0.717) is 13.1 Å². The Labute approximate surface area is 181 Å². The summed E-state index contributed by atoms with van der Waals surface area (Å²) in [6, 6.07) is 14.4. The molecule has 2 aromatic carbocycles. The average Bonchev–Trinajstić information content (AvgIpc) is 3.42. The lowest BCUT2D eigenvalue weighted by molar-refractivity contribution is -0.116. The van der Waals surface area contributed by atoms with Crippen molar-refractivity contribution >= 4 is 22.0 Å². The van der Waals surface area contributed by atoms with Crippen LogP contribution in [0.25, 0.3) is 6.08 Å². The third-order valence-corrected chi connectivity index (χ3v) is 6.35. The maximum atomic E-state index is 12.2. The van der Waals surface area contributed by atoms with E-state index in [9.17, 15) is 13.2 Å². The van der Waals surface area contributed by atoms with Crippen LogP contribution < -0.4 is 10.0 Å². The van der Waals surface area contributed by atoms with Crippen molar-refractivity contribution in [2.45, 2.75) is 36.9 Å². The van der Waals surface area contributed by atoms with Gasteiger partial charge in [0.2, 0.25) is 15.9 Å². The molecule has 1 aliphatic rings. The number of nitrogens with zero attached hydrogens (tertiary/aromatic N) is 3. The fourth-order valence-electron chi connectivity index (χ4n) is 2.93. The van der Waals surface area contributed by atoms with Gasteiger partial charge >= 0.3 is 0 Å². The molecule has 4 rings (SSSR count). The first-order chi connectivity index (χ1) is 15.0.